The van der Waals surface area contributed by atoms with Crippen LogP contribution in [0.25, 0.3) is 0 Å². The van der Waals surface area contributed by atoms with E-state index in [1.165, 1.54) is 6.07 Å². The van der Waals surface area contributed by atoms with Gasteiger partial charge in [0, 0.05) is 6.07 Å². The highest BCUT2D eigenvalue weighted by molar-refractivity contribution is 7.80. The van der Waals surface area contributed by atoms with Gasteiger partial charge in [-0.2, -0.15) is 0 Å². The average molecular weight is 170 g/mol. The lowest BCUT2D eigenvalue weighted by molar-refractivity contribution is 0.771. The first-order valence-electron chi connectivity index (χ1n) is 3.40. The van der Waals surface area contributed by atoms with Crippen molar-refractivity contribution in [2.75, 3.05) is 0 Å². The molecule has 4 heteroatoms. The monoisotopic (exact) mass is 170 g/mol. The lowest BCUT2D eigenvalue weighted by Gasteiger charge is -2.02. The van der Waals surface area contributed by atoms with Gasteiger partial charge >= 0.3 is 0 Å². The Kier molecular flexibility index (Phi) is 2.34. The van der Waals surface area contributed by atoms with Crippen LogP contribution in [0.3, 0.4) is 0 Å². The average Bonchev–Trinajstić information content (AvgIpc) is 1.85. The van der Waals surface area contributed by atoms with Crippen LogP contribution in [-0.2, 0) is 0 Å². The Bertz CT molecular complexity index is 306. The smallest absolute Gasteiger partial charge is 0.251 e. The molecule has 0 saturated heterocycles. The Morgan fingerprint density at radius 1 is 1.64 bits per heavy atom. The molecule has 0 aliphatic carbocycles. The predicted octanol–water partition coefficient (Wildman–Crippen LogP) is 1.18. The number of nitrogens with one attached hydrogen (secondary N) is 1. The van der Waals surface area contributed by atoms with Gasteiger partial charge in [0.05, 0.1) is 5.69 Å². The molecule has 0 aliphatic heterocycles. The number of rotatable bonds is 1. The standard InChI is InChI=1S/C7H10N2OS/c1-4(2)5-3-6(10)9-7(11)8-5/h3-4H,1-2H3,(H2,8,9,10,11). The molecule has 0 aromatic carbocycles. The molecule has 0 fully saturated rings. The minimum atomic E-state index is -0.145. The Morgan fingerprint density at radius 3 is 2.73 bits per heavy atom. The molecule has 0 saturated carbocycles. The Labute approximate surface area is 70.3 Å². The van der Waals surface area contributed by atoms with Crippen molar-refractivity contribution < 1.29 is 0 Å². The molecule has 0 radical (unpaired) electrons. The third-order valence-corrected chi connectivity index (χ3v) is 1.55. The molecule has 1 rings (SSSR count). The fourth-order valence-corrected chi connectivity index (χ4v) is 0.985. The zero-order valence-corrected chi connectivity index (χ0v) is 7.35. The van der Waals surface area contributed by atoms with Gasteiger partial charge in [0.15, 0.2) is 5.16 Å². The van der Waals surface area contributed by atoms with Crippen molar-refractivity contribution in [1.82, 2.24) is 9.97 Å². The van der Waals surface area contributed by atoms with Gasteiger partial charge in [-0.1, -0.05) is 13.8 Å². The van der Waals surface area contributed by atoms with Crippen LogP contribution in [0.2, 0.25) is 0 Å². The van der Waals surface area contributed by atoms with Gasteiger partial charge in [0.2, 0.25) is 0 Å². The topological polar surface area (TPSA) is 45.8 Å². The highest BCUT2D eigenvalue weighted by atomic mass is 32.1. The second kappa shape index (κ2) is 3.09. The van der Waals surface area contributed by atoms with E-state index < -0.39 is 0 Å². The molecule has 0 spiro atoms. The number of H-pyrrole nitrogens is 1. The van der Waals surface area contributed by atoms with Gasteiger partial charge in [0.1, 0.15) is 0 Å². The van der Waals surface area contributed by atoms with Crippen molar-refractivity contribution >= 4 is 12.6 Å². The van der Waals surface area contributed by atoms with E-state index >= 15 is 0 Å². The molecular weight excluding hydrogens is 160 g/mol. The van der Waals surface area contributed by atoms with Crippen LogP contribution in [0.4, 0.5) is 0 Å². The number of nitrogens with zero attached hydrogens (tertiary/aromatic N) is 1. The summed E-state index contributed by atoms with van der Waals surface area (Å²) in [7, 11) is 0. The van der Waals surface area contributed by atoms with Crippen LogP contribution in [0.1, 0.15) is 25.5 Å². The van der Waals surface area contributed by atoms with Crippen LogP contribution >= 0.6 is 12.6 Å². The summed E-state index contributed by atoms with van der Waals surface area (Å²) in [6, 6.07) is 1.49. The van der Waals surface area contributed by atoms with Gasteiger partial charge in [-0.25, -0.2) is 4.98 Å². The molecule has 1 heterocycles. The first kappa shape index (κ1) is 8.33. The molecular formula is C7H10N2OS. The highest BCUT2D eigenvalue weighted by Crippen LogP contribution is 2.08. The second-order valence-corrected chi connectivity index (χ2v) is 3.07. The Balaban J connectivity index is 3.19. The Hall–Kier alpha value is -0.770. The van der Waals surface area contributed by atoms with E-state index in [-0.39, 0.29) is 11.5 Å². The van der Waals surface area contributed by atoms with Crippen LogP contribution < -0.4 is 5.56 Å². The van der Waals surface area contributed by atoms with Crippen LogP contribution in [-0.4, -0.2) is 9.97 Å². The van der Waals surface area contributed by atoms with E-state index in [4.69, 9.17) is 0 Å². The minimum absolute atomic E-state index is 0.145. The summed E-state index contributed by atoms with van der Waals surface area (Å²) in [6.07, 6.45) is 0. The van der Waals surface area contributed by atoms with Crippen LogP contribution in [0.5, 0.6) is 0 Å². The fourth-order valence-electron chi connectivity index (χ4n) is 0.759. The third-order valence-electron chi connectivity index (χ3n) is 1.34. The Morgan fingerprint density at radius 2 is 2.27 bits per heavy atom. The largest absolute Gasteiger partial charge is 0.302 e. The maximum absolute atomic E-state index is 10.9. The molecule has 1 aromatic heterocycles. The lowest BCUT2D eigenvalue weighted by atomic mass is 10.1. The summed E-state index contributed by atoms with van der Waals surface area (Å²) in [6.45, 7) is 3.96. The zero-order valence-electron chi connectivity index (χ0n) is 6.46. The summed E-state index contributed by atoms with van der Waals surface area (Å²) in [5.74, 6) is 0.267. The summed E-state index contributed by atoms with van der Waals surface area (Å²) in [5.41, 5.74) is 0.632. The van der Waals surface area contributed by atoms with Crippen LogP contribution in [0.15, 0.2) is 16.0 Å². The van der Waals surface area contributed by atoms with E-state index in [2.05, 4.69) is 22.6 Å². The maximum atomic E-state index is 10.9. The molecule has 0 bridgehead atoms. The number of hydrogen-bond acceptors (Lipinski definition) is 3. The first-order valence-corrected chi connectivity index (χ1v) is 3.84. The first-order chi connectivity index (χ1) is 5.09. The van der Waals surface area contributed by atoms with Crippen molar-refractivity contribution in [2.45, 2.75) is 24.9 Å². The van der Waals surface area contributed by atoms with Crippen LogP contribution in [0, 0.1) is 0 Å². The van der Waals surface area contributed by atoms with Gasteiger partial charge < -0.3 is 4.98 Å². The molecule has 0 atom stereocenters. The molecule has 3 nitrogen and oxygen atoms in total. The number of thiol groups is 1. The second-order valence-electron chi connectivity index (χ2n) is 2.65. The molecule has 60 valence electrons. The summed E-state index contributed by atoms with van der Waals surface area (Å²) in [4.78, 5) is 17.4. The van der Waals surface area contributed by atoms with E-state index in [1.54, 1.807) is 0 Å². The third kappa shape index (κ3) is 2.08. The fraction of sp³-hybridized carbons (Fsp3) is 0.429. The molecule has 1 aromatic rings. The molecule has 0 aliphatic rings. The highest BCUT2D eigenvalue weighted by Gasteiger charge is 2.01. The summed E-state index contributed by atoms with van der Waals surface area (Å²) in [5, 5.41) is 0.376. The number of aromatic nitrogens is 2. The molecule has 0 unspecified atom stereocenters. The molecule has 11 heavy (non-hydrogen) atoms. The zero-order chi connectivity index (χ0) is 8.43. The number of aromatic amines is 1. The predicted molar refractivity (Wildman–Crippen MR) is 46.2 cm³/mol. The van der Waals surface area contributed by atoms with E-state index in [0.717, 1.165) is 5.69 Å². The summed E-state index contributed by atoms with van der Waals surface area (Å²) < 4.78 is 0. The quantitative estimate of drug-likeness (QED) is 0.491. The molecule has 1 N–H and O–H groups in total. The van der Waals surface area contributed by atoms with Gasteiger partial charge in [0.25, 0.3) is 5.56 Å². The normalized spacial score (nSPS) is 10.5. The van der Waals surface area contributed by atoms with E-state index in [1.807, 2.05) is 13.8 Å². The van der Waals surface area contributed by atoms with E-state index in [0.29, 0.717) is 5.16 Å². The maximum Gasteiger partial charge on any atom is 0.251 e. The van der Waals surface area contributed by atoms with Crippen molar-refractivity contribution in [3.05, 3.63) is 22.1 Å². The van der Waals surface area contributed by atoms with Crippen molar-refractivity contribution in [2.24, 2.45) is 0 Å². The van der Waals surface area contributed by atoms with Gasteiger partial charge in [-0.05, 0) is 5.92 Å². The minimum Gasteiger partial charge on any atom is -0.302 e. The number of hydrogen-bond donors (Lipinski definition) is 2. The van der Waals surface area contributed by atoms with Gasteiger partial charge in [-0.15, -0.1) is 12.6 Å². The SMILES string of the molecule is CC(C)c1cc(=O)[nH]c(S)n1. The van der Waals surface area contributed by atoms with Gasteiger partial charge in [-0.3, -0.25) is 4.79 Å². The van der Waals surface area contributed by atoms with E-state index in [9.17, 15) is 4.79 Å². The van der Waals surface area contributed by atoms with Crippen molar-refractivity contribution in [3.63, 3.8) is 0 Å². The molecule has 0 amide bonds. The summed E-state index contributed by atoms with van der Waals surface area (Å²) >= 11 is 3.95. The lowest BCUT2D eigenvalue weighted by Crippen LogP contribution is -2.09. The van der Waals surface area contributed by atoms with Crippen molar-refractivity contribution in [1.29, 1.82) is 0 Å². The van der Waals surface area contributed by atoms with Crippen molar-refractivity contribution in [3.8, 4) is 0 Å².